The molecule has 242 valence electrons. The molecule has 0 unspecified atom stereocenters. The SMILES string of the molecule is CCOC(=O)C1=C(C)N=c2s/c(=C/c3cc(Br)cc(Br)c3OCc3ccc(C#N)cc3)c(=O)n2[C@@H]1c1ccc(OC(C)C)c(OC)c1. The topological polar surface area (TPSA) is 112 Å². The van der Waals surface area contributed by atoms with Gasteiger partial charge in [-0.25, -0.2) is 9.79 Å². The Balaban J connectivity index is 1.64. The van der Waals surface area contributed by atoms with Gasteiger partial charge in [-0.15, -0.1) is 0 Å². The average molecular weight is 782 g/mol. The summed E-state index contributed by atoms with van der Waals surface area (Å²) in [5.41, 5.74) is 3.13. The molecule has 1 aliphatic rings. The van der Waals surface area contributed by atoms with E-state index >= 15 is 0 Å². The van der Waals surface area contributed by atoms with Crippen molar-refractivity contribution in [1.82, 2.24) is 4.57 Å². The summed E-state index contributed by atoms with van der Waals surface area (Å²) in [5, 5.41) is 9.12. The van der Waals surface area contributed by atoms with Crippen LogP contribution in [0, 0.1) is 11.3 Å². The summed E-state index contributed by atoms with van der Waals surface area (Å²) in [5.74, 6) is 1.00. The van der Waals surface area contributed by atoms with Gasteiger partial charge in [-0.1, -0.05) is 45.5 Å². The Morgan fingerprint density at radius 1 is 1.13 bits per heavy atom. The fraction of sp³-hybridized carbons (Fsp3) is 0.257. The summed E-state index contributed by atoms with van der Waals surface area (Å²) in [6.07, 6.45) is 1.68. The number of thiazole rings is 1. The number of nitrogens with zero attached hydrogens (tertiary/aromatic N) is 3. The Labute approximate surface area is 292 Å². The Bertz CT molecular complexity index is 2100. The van der Waals surface area contributed by atoms with Gasteiger partial charge in [0.2, 0.25) is 0 Å². The van der Waals surface area contributed by atoms with Crippen molar-refractivity contribution in [3.63, 3.8) is 0 Å². The number of hydrogen-bond acceptors (Lipinski definition) is 9. The highest BCUT2D eigenvalue weighted by Crippen LogP contribution is 2.37. The lowest BCUT2D eigenvalue weighted by molar-refractivity contribution is -0.139. The number of aromatic nitrogens is 1. The highest BCUT2D eigenvalue weighted by molar-refractivity contribution is 9.11. The molecule has 0 spiro atoms. The van der Waals surface area contributed by atoms with Gasteiger partial charge in [-0.3, -0.25) is 9.36 Å². The first-order valence-electron chi connectivity index (χ1n) is 14.7. The number of rotatable bonds is 10. The molecule has 1 aromatic heterocycles. The minimum Gasteiger partial charge on any atom is -0.493 e. The van der Waals surface area contributed by atoms with Crippen molar-refractivity contribution in [3.05, 3.63) is 117 Å². The van der Waals surface area contributed by atoms with Gasteiger partial charge in [0.25, 0.3) is 5.56 Å². The molecule has 5 rings (SSSR count). The number of carbonyl (C=O) groups is 1. The molecular formula is C35H31Br2N3O6S. The van der Waals surface area contributed by atoms with Crippen LogP contribution in [0.1, 0.15) is 56.0 Å². The number of methoxy groups -OCH3 is 1. The summed E-state index contributed by atoms with van der Waals surface area (Å²) in [6, 6.07) is 17.5. The number of hydrogen-bond donors (Lipinski definition) is 0. The molecule has 0 N–H and O–H groups in total. The third-order valence-electron chi connectivity index (χ3n) is 7.17. The van der Waals surface area contributed by atoms with Crippen LogP contribution < -0.4 is 29.1 Å². The highest BCUT2D eigenvalue weighted by Gasteiger charge is 2.34. The van der Waals surface area contributed by atoms with Gasteiger partial charge in [0.15, 0.2) is 16.3 Å². The molecule has 12 heteroatoms. The lowest BCUT2D eigenvalue weighted by Crippen LogP contribution is -2.40. The van der Waals surface area contributed by atoms with Gasteiger partial charge in [0, 0.05) is 10.0 Å². The largest absolute Gasteiger partial charge is 0.493 e. The van der Waals surface area contributed by atoms with E-state index in [4.69, 9.17) is 24.2 Å². The van der Waals surface area contributed by atoms with Crippen LogP contribution in [0.25, 0.3) is 6.08 Å². The van der Waals surface area contributed by atoms with E-state index in [9.17, 15) is 9.59 Å². The molecule has 47 heavy (non-hydrogen) atoms. The number of halogens is 2. The smallest absolute Gasteiger partial charge is 0.338 e. The Hall–Kier alpha value is -4.18. The van der Waals surface area contributed by atoms with Crippen LogP contribution in [0.2, 0.25) is 0 Å². The monoisotopic (exact) mass is 779 g/mol. The molecule has 3 aromatic carbocycles. The summed E-state index contributed by atoms with van der Waals surface area (Å²) < 4.78 is 26.6. The van der Waals surface area contributed by atoms with Gasteiger partial charge in [-0.05, 0) is 97.2 Å². The maximum atomic E-state index is 14.3. The van der Waals surface area contributed by atoms with E-state index in [-0.39, 0.29) is 30.5 Å². The summed E-state index contributed by atoms with van der Waals surface area (Å²) in [6.45, 7) is 7.72. The van der Waals surface area contributed by atoms with E-state index in [2.05, 4.69) is 42.9 Å². The number of benzene rings is 3. The zero-order valence-corrected chi connectivity index (χ0v) is 30.3. The average Bonchev–Trinajstić information content (AvgIpc) is 3.33. The van der Waals surface area contributed by atoms with Crippen LogP contribution >= 0.6 is 43.2 Å². The molecule has 9 nitrogen and oxygen atoms in total. The molecular weight excluding hydrogens is 750 g/mol. The maximum absolute atomic E-state index is 14.3. The van der Waals surface area contributed by atoms with Crippen molar-refractivity contribution in [2.45, 2.75) is 46.4 Å². The summed E-state index contributed by atoms with van der Waals surface area (Å²) >= 11 is 8.38. The number of fused-ring (bicyclic) bond motifs is 1. The summed E-state index contributed by atoms with van der Waals surface area (Å²) in [4.78, 5) is 32.8. The second-order valence-corrected chi connectivity index (χ2v) is 13.6. The van der Waals surface area contributed by atoms with Gasteiger partial charge in [0.05, 0.1) is 57.8 Å². The first-order valence-corrected chi connectivity index (χ1v) is 17.1. The normalized spacial score (nSPS) is 14.4. The molecule has 0 radical (unpaired) electrons. The van der Waals surface area contributed by atoms with Crippen molar-refractivity contribution < 1.29 is 23.7 Å². The van der Waals surface area contributed by atoms with Gasteiger partial charge < -0.3 is 18.9 Å². The number of carbonyl (C=O) groups excluding carboxylic acids is 1. The molecule has 0 fully saturated rings. The molecule has 0 aliphatic carbocycles. The predicted molar refractivity (Wildman–Crippen MR) is 186 cm³/mol. The van der Waals surface area contributed by atoms with Crippen LogP contribution in [0.3, 0.4) is 0 Å². The number of ether oxygens (including phenoxy) is 4. The Morgan fingerprint density at radius 3 is 2.53 bits per heavy atom. The molecule has 0 bridgehead atoms. The Morgan fingerprint density at radius 2 is 1.87 bits per heavy atom. The van der Waals surface area contributed by atoms with Crippen molar-refractivity contribution in [1.29, 1.82) is 5.26 Å². The van der Waals surface area contributed by atoms with Crippen molar-refractivity contribution >= 4 is 55.2 Å². The quantitative estimate of drug-likeness (QED) is 0.168. The van der Waals surface area contributed by atoms with Crippen molar-refractivity contribution in [3.8, 4) is 23.3 Å². The van der Waals surface area contributed by atoms with Gasteiger partial charge in [0.1, 0.15) is 12.4 Å². The standard InChI is InChI=1S/C35H31Br2N3O6S/c1-6-44-34(42)30-20(4)39-35-40(31(30)23-11-12-27(46-19(2)3)28(14-23)43-5)33(41)29(47-35)15-24-13-25(36)16-26(37)32(24)45-18-22-9-7-21(17-38)8-10-22/h7-16,19,31H,6,18H2,1-5H3/b29-15+/t31-/m1/s1. The molecule has 1 aliphatic heterocycles. The molecule has 0 saturated carbocycles. The highest BCUT2D eigenvalue weighted by atomic mass is 79.9. The second kappa shape index (κ2) is 14.7. The maximum Gasteiger partial charge on any atom is 0.338 e. The van der Waals surface area contributed by atoms with Crippen LogP contribution in [-0.2, 0) is 16.1 Å². The second-order valence-electron chi connectivity index (χ2n) is 10.8. The minimum absolute atomic E-state index is 0.0827. The minimum atomic E-state index is -0.823. The van der Waals surface area contributed by atoms with E-state index in [0.29, 0.717) is 53.4 Å². The van der Waals surface area contributed by atoms with Crippen LogP contribution in [-0.4, -0.2) is 30.4 Å². The van der Waals surface area contributed by atoms with Crippen LogP contribution in [0.5, 0.6) is 17.2 Å². The zero-order chi connectivity index (χ0) is 33.8. The van der Waals surface area contributed by atoms with E-state index in [1.165, 1.54) is 15.9 Å². The first-order chi connectivity index (χ1) is 22.5. The lowest BCUT2D eigenvalue weighted by atomic mass is 9.95. The molecule has 2 heterocycles. The van der Waals surface area contributed by atoms with Crippen LogP contribution in [0.4, 0.5) is 0 Å². The van der Waals surface area contributed by atoms with E-state index in [0.717, 1.165) is 10.0 Å². The van der Waals surface area contributed by atoms with E-state index in [1.807, 2.05) is 44.2 Å². The summed E-state index contributed by atoms with van der Waals surface area (Å²) in [7, 11) is 1.54. The van der Waals surface area contributed by atoms with Gasteiger partial charge in [-0.2, -0.15) is 5.26 Å². The number of allylic oxidation sites excluding steroid dienone is 1. The fourth-order valence-electron chi connectivity index (χ4n) is 5.12. The molecule has 0 saturated heterocycles. The third kappa shape index (κ3) is 7.38. The number of esters is 1. The van der Waals surface area contributed by atoms with Crippen molar-refractivity contribution in [2.75, 3.05) is 13.7 Å². The van der Waals surface area contributed by atoms with E-state index in [1.54, 1.807) is 51.3 Å². The number of nitriles is 1. The zero-order valence-electron chi connectivity index (χ0n) is 26.3. The van der Waals surface area contributed by atoms with Gasteiger partial charge >= 0.3 is 5.97 Å². The third-order valence-corrected chi connectivity index (χ3v) is 9.20. The molecule has 1 atom stereocenters. The fourth-order valence-corrected chi connectivity index (χ4v) is 7.53. The van der Waals surface area contributed by atoms with Crippen LogP contribution in [0.15, 0.2) is 84.6 Å². The van der Waals surface area contributed by atoms with E-state index < -0.39 is 12.0 Å². The Kier molecular flexibility index (Phi) is 10.7. The predicted octanol–water partition coefficient (Wildman–Crippen LogP) is 6.57. The van der Waals surface area contributed by atoms with Crippen molar-refractivity contribution in [2.24, 2.45) is 4.99 Å². The molecule has 4 aromatic rings. The lowest BCUT2D eigenvalue weighted by Gasteiger charge is -2.25. The first kappa shape index (κ1) is 34.2. The molecule has 0 amide bonds.